The Morgan fingerprint density at radius 2 is 1.51 bits per heavy atom. The summed E-state index contributed by atoms with van der Waals surface area (Å²) in [6.07, 6.45) is 0. The van der Waals surface area contributed by atoms with Crippen molar-refractivity contribution in [1.29, 1.82) is 0 Å². The van der Waals surface area contributed by atoms with Crippen LogP contribution in [-0.2, 0) is 0 Å². The molecule has 35 heavy (non-hydrogen) atoms. The van der Waals surface area contributed by atoms with Gasteiger partial charge >= 0.3 is 0 Å². The molecule has 4 aromatic rings. The summed E-state index contributed by atoms with van der Waals surface area (Å²) in [5.41, 5.74) is 5.28. The SMILES string of the molecule is O=C(NC(=S)NNC(=O)c1sc2ccccc2c1Cl)c1ccccc1OCCOc1ccccc1. The van der Waals surface area contributed by atoms with Crippen LogP contribution < -0.4 is 25.6 Å². The van der Waals surface area contributed by atoms with Crippen molar-refractivity contribution in [3.8, 4) is 11.5 Å². The molecule has 0 unspecified atom stereocenters. The number of halogens is 1. The van der Waals surface area contributed by atoms with Crippen LogP contribution in [0.2, 0.25) is 5.02 Å². The van der Waals surface area contributed by atoms with E-state index in [9.17, 15) is 9.59 Å². The first kappa shape index (κ1) is 24.5. The largest absolute Gasteiger partial charge is 0.490 e. The van der Waals surface area contributed by atoms with E-state index in [4.69, 9.17) is 33.3 Å². The molecule has 3 aromatic carbocycles. The molecule has 0 bridgehead atoms. The van der Waals surface area contributed by atoms with Crippen molar-refractivity contribution >= 4 is 62.2 Å². The lowest BCUT2D eigenvalue weighted by Crippen LogP contribution is -2.48. The van der Waals surface area contributed by atoms with Gasteiger partial charge in [0.15, 0.2) is 5.11 Å². The molecule has 1 heterocycles. The first-order valence-corrected chi connectivity index (χ1v) is 12.1. The molecular weight excluding hydrogens is 506 g/mol. The van der Waals surface area contributed by atoms with Crippen molar-refractivity contribution in [2.75, 3.05) is 13.2 Å². The predicted molar refractivity (Wildman–Crippen MR) is 141 cm³/mol. The predicted octanol–water partition coefficient (Wildman–Crippen LogP) is 4.96. The minimum Gasteiger partial charge on any atom is -0.490 e. The average Bonchev–Trinajstić information content (AvgIpc) is 3.22. The molecule has 3 N–H and O–H groups in total. The number of hydrogen-bond donors (Lipinski definition) is 3. The van der Waals surface area contributed by atoms with Crippen LogP contribution >= 0.6 is 35.2 Å². The molecule has 0 saturated heterocycles. The molecule has 0 aliphatic carbocycles. The van der Waals surface area contributed by atoms with Crippen molar-refractivity contribution in [2.45, 2.75) is 0 Å². The lowest BCUT2D eigenvalue weighted by molar-refractivity contribution is 0.0936. The fourth-order valence-electron chi connectivity index (χ4n) is 3.14. The van der Waals surface area contributed by atoms with Crippen LogP contribution in [0.5, 0.6) is 11.5 Å². The van der Waals surface area contributed by atoms with Gasteiger partial charge in [0.05, 0.1) is 10.6 Å². The topological polar surface area (TPSA) is 88.7 Å². The number of thiocarbonyl (C=S) groups is 1. The summed E-state index contributed by atoms with van der Waals surface area (Å²) in [6, 6.07) is 23.6. The maximum Gasteiger partial charge on any atom is 0.281 e. The van der Waals surface area contributed by atoms with Gasteiger partial charge in [-0.05, 0) is 42.5 Å². The molecule has 7 nitrogen and oxygen atoms in total. The smallest absolute Gasteiger partial charge is 0.281 e. The number of hydrazine groups is 1. The molecule has 0 atom stereocenters. The van der Waals surface area contributed by atoms with Gasteiger partial charge in [-0.1, -0.05) is 60.1 Å². The van der Waals surface area contributed by atoms with E-state index in [1.807, 2.05) is 54.6 Å². The number of ether oxygens (including phenoxy) is 2. The van der Waals surface area contributed by atoms with Crippen LogP contribution in [0.25, 0.3) is 10.1 Å². The van der Waals surface area contributed by atoms with E-state index in [0.29, 0.717) is 22.3 Å². The summed E-state index contributed by atoms with van der Waals surface area (Å²) in [5.74, 6) is 0.161. The van der Waals surface area contributed by atoms with Gasteiger partial charge in [0.2, 0.25) is 0 Å². The molecule has 2 amide bonds. The molecule has 1 aromatic heterocycles. The van der Waals surface area contributed by atoms with Crippen LogP contribution in [0.1, 0.15) is 20.0 Å². The molecule has 10 heteroatoms. The number of para-hydroxylation sites is 2. The number of thiophene rings is 1. The quantitative estimate of drug-likeness (QED) is 0.179. The van der Waals surface area contributed by atoms with Crippen LogP contribution in [0.15, 0.2) is 78.9 Å². The van der Waals surface area contributed by atoms with E-state index in [-0.39, 0.29) is 17.3 Å². The van der Waals surface area contributed by atoms with Gasteiger partial charge in [0.25, 0.3) is 11.8 Å². The Bertz CT molecular complexity index is 1360. The van der Waals surface area contributed by atoms with Crippen molar-refractivity contribution < 1.29 is 19.1 Å². The first-order chi connectivity index (χ1) is 17.0. The van der Waals surface area contributed by atoms with Gasteiger partial charge in [-0.15, -0.1) is 11.3 Å². The fourth-order valence-corrected chi connectivity index (χ4v) is 4.70. The molecule has 4 rings (SSSR count). The van der Waals surface area contributed by atoms with Crippen LogP contribution in [0.4, 0.5) is 0 Å². The normalized spacial score (nSPS) is 10.4. The Labute approximate surface area is 216 Å². The minimum atomic E-state index is -0.490. The highest BCUT2D eigenvalue weighted by atomic mass is 35.5. The molecule has 0 saturated carbocycles. The highest BCUT2D eigenvalue weighted by Crippen LogP contribution is 2.34. The summed E-state index contributed by atoms with van der Waals surface area (Å²) in [5, 5.41) is 3.61. The maximum absolute atomic E-state index is 12.7. The second kappa shape index (κ2) is 11.7. The van der Waals surface area contributed by atoms with Crippen LogP contribution in [0.3, 0.4) is 0 Å². The van der Waals surface area contributed by atoms with Gasteiger partial charge < -0.3 is 9.47 Å². The number of amides is 2. The Hall–Kier alpha value is -3.66. The molecule has 0 fully saturated rings. The van der Waals surface area contributed by atoms with Gasteiger partial charge in [-0.25, -0.2) is 0 Å². The summed E-state index contributed by atoms with van der Waals surface area (Å²) in [7, 11) is 0. The number of hydrogen-bond acceptors (Lipinski definition) is 6. The Balaban J connectivity index is 1.29. The lowest BCUT2D eigenvalue weighted by atomic mass is 10.2. The molecule has 0 aliphatic rings. The zero-order chi connectivity index (χ0) is 24.6. The Kier molecular flexibility index (Phi) is 8.15. The summed E-state index contributed by atoms with van der Waals surface area (Å²) in [6.45, 7) is 0.556. The average molecular weight is 526 g/mol. The van der Waals surface area contributed by atoms with E-state index >= 15 is 0 Å². The Morgan fingerprint density at radius 3 is 2.31 bits per heavy atom. The second-order valence-electron chi connectivity index (χ2n) is 7.11. The highest BCUT2D eigenvalue weighted by Gasteiger charge is 2.18. The van der Waals surface area contributed by atoms with E-state index in [1.54, 1.807) is 24.3 Å². The molecule has 178 valence electrons. The van der Waals surface area contributed by atoms with E-state index in [1.165, 1.54) is 11.3 Å². The summed E-state index contributed by atoms with van der Waals surface area (Å²) >= 11 is 12.7. The molecule has 0 spiro atoms. The number of nitrogens with one attached hydrogen (secondary N) is 3. The van der Waals surface area contributed by atoms with Gasteiger partial charge in [-0.2, -0.15) is 0 Å². The number of carbonyl (C=O) groups is 2. The third-order valence-corrected chi connectivity index (χ3v) is 6.62. The van der Waals surface area contributed by atoms with Crippen LogP contribution in [-0.4, -0.2) is 30.1 Å². The number of fused-ring (bicyclic) bond motifs is 1. The van der Waals surface area contributed by atoms with Crippen molar-refractivity contribution in [1.82, 2.24) is 16.2 Å². The number of carbonyl (C=O) groups excluding carboxylic acids is 2. The standard InChI is InChI=1S/C25H20ClN3O4S2/c26-21-18-11-5-7-13-20(18)35-22(21)24(31)28-29-25(34)27-23(30)17-10-4-6-12-19(17)33-15-14-32-16-8-2-1-3-9-16/h1-13H,14-15H2,(H,28,31)(H2,27,29,30,34). The van der Waals surface area contributed by atoms with E-state index in [0.717, 1.165) is 15.8 Å². The maximum atomic E-state index is 12.7. The minimum absolute atomic E-state index is 0.0807. The third-order valence-electron chi connectivity index (χ3n) is 4.74. The first-order valence-electron chi connectivity index (χ1n) is 10.5. The highest BCUT2D eigenvalue weighted by molar-refractivity contribution is 7.80. The zero-order valence-electron chi connectivity index (χ0n) is 18.2. The molecule has 0 radical (unpaired) electrons. The van der Waals surface area contributed by atoms with Crippen molar-refractivity contribution in [3.05, 3.63) is 94.3 Å². The van der Waals surface area contributed by atoms with Crippen molar-refractivity contribution in [3.63, 3.8) is 0 Å². The van der Waals surface area contributed by atoms with Gasteiger partial charge in [0, 0.05) is 10.1 Å². The third kappa shape index (κ3) is 6.27. The lowest BCUT2D eigenvalue weighted by Gasteiger charge is -2.13. The van der Waals surface area contributed by atoms with Gasteiger partial charge in [0.1, 0.15) is 29.6 Å². The zero-order valence-corrected chi connectivity index (χ0v) is 20.6. The van der Waals surface area contributed by atoms with E-state index < -0.39 is 11.8 Å². The Morgan fingerprint density at radius 1 is 0.829 bits per heavy atom. The fraction of sp³-hybridized carbons (Fsp3) is 0.0800. The second-order valence-corrected chi connectivity index (χ2v) is 8.95. The molecular formula is C25H20ClN3O4S2. The summed E-state index contributed by atoms with van der Waals surface area (Å²) < 4.78 is 12.2. The van der Waals surface area contributed by atoms with Crippen LogP contribution in [0, 0.1) is 0 Å². The van der Waals surface area contributed by atoms with E-state index in [2.05, 4.69) is 16.2 Å². The van der Waals surface area contributed by atoms with Crippen molar-refractivity contribution in [2.24, 2.45) is 0 Å². The summed E-state index contributed by atoms with van der Waals surface area (Å²) in [4.78, 5) is 25.6. The monoisotopic (exact) mass is 525 g/mol. The molecule has 0 aliphatic heterocycles. The number of benzene rings is 3. The number of rotatable bonds is 7. The van der Waals surface area contributed by atoms with Gasteiger partial charge in [-0.3, -0.25) is 25.8 Å².